The minimum atomic E-state index is -4.56. The van der Waals surface area contributed by atoms with Gasteiger partial charge in [0.2, 0.25) is 0 Å². The average molecular weight is 301 g/mol. The van der Waals surface area contributed by atoms with E-state index in [0.717, 1.165) is 15.9 Å². The number of para-hydroxylation sites is 1. The van der Waals surface area contributed by atoms with Crippen molar-refractivity contribution in [3.63, 3.8) is 0 Å². The lowest BCUT2D eigenvalue weighted by Gasteiger charge is -2.21. The zero-order chi connectivity index (χ0) is 15.6. The summed E-state index contributed by atoms with van der Waals surface area (Å²) in [5.41, 5.74) is -1.13. The third kappa shape index (κ3) is 2.93. The molecule has 1 aromatic carbocycles. The van der Waals surface area contributed by atoms with E-state index in [0.29, 0.717) is 6.54 Å². The summed E-state index contributed by atoms with van der Waals surface area (Å²) in [6, 6.07) is 3.47. The molecule has 0 unspecified atom stereocenters. The first kappa shape index (κ1) is 15.1. The number of carbonyl (C=O) groups excluding carboxylic acids is 2. The zero-order valence-corrected chi connectivity index (χ0v) is 11.3. The summed E-state index contributed by atoms with van der Waals surface area (Å²) in [6.07, 6.45) is -4.56. The molecule has 1 heterocycles. The van der Waals surface area contributed by atoms with Crippen molar-refractivity contribution in [1.29, 1.82) is 0 Å². The first-order chi connectivity index (χ1) is 9.86. The standard InChI is InChI=1S/C13H14F3N3O2/c1-2-17-11(20)19-8-7-18(12(19)21)10-6-4-3-5-9(10)13(14,15)16/h3-6H,2,7-8H2,1H3,(H,17,20). The van der Waals surface area contributed by atoms with Crippen molar-refractivity contribution in [2.75, 3.05) is 24.5 Å². The lowest BCUT2D eigenvalue weighted by atomic mass is 10.1. The van der Waals surface area contributed by atoms with Gasteiger partial charge in [0.25, 0.3) is 0 Å². The van der Waals surface area contributed by atoms with Crippen LogP contribution in [0.1, 0.15) is 12.5 Å². The molecule has 1 N–H and O–H groups in total. The van der Waals surface area contributed by atoms with Gasteiger partial charge in [-0.05, 0) is 19.1 Å². The van der Waals surface area contributed by atoms with E-state index < -0.39 is 23.8 Å². The summed E-state index contributed by atoms with van der Waals surface area (Å²) in [5, 5.41) is 2.45. The molecule has 4 amide bonds. The fourth-order valence-corrected chi connectivity index (χ4v) is 2.14. The highest BCUT2D eigenvalue weighted by Crippen LogP contribution is 2.37. The van der Waals surface area contributed by atoms with Crippen molar-refractivity contribution < 1.29 is 22.8 Å². The number of benzene rings is 1. The van der Waals surface area contributed by atoms with E-state index in [1.165, 1.54) is 18.2 Å². The number of carbonyl (C=O) groups is 2. The molecule has 0 spiro atoms. The van der Waals surface area contributed by atoms with E-state index >= 15 is 0 Å². The van der Waals surface area contributed by atoms with E-state index in [-0.39, 0.29) is 18.8 Å². The van der Waals surface area contributed by atoms with E-state index in [1.807, 2.05) is 0 Å². The van der Waals surface area contributed by atoms with Gasteiger partial charge < -0.3 is 5.32 Å². The van der Waals surface area contributed by atoms with Crippen LogP contribution in [0, 0.1) is 0 Å². The van der Waals surface area contributed by atoms with Gasteiger partial charge in [-0.2, -0.15) is 13.2 Å². The molecule has 114 valence electrons. The molecule has 8 heteroatoms. The molecule has 1 saturated heterocycles. The topological polar surface area (TPSA) is 52.7 Å². The minimum Gasteiger partial charge on any atom is -0.338 e. The van der Waals surface area contributed by atoms with Crippen molar-refractivity contribution in [2.45, 2.75) is 13.1 Å². The molecule has 5 nitrogen and oxygen atoms in total. The fourth-order valence-electron chi connectivity index (χ4n) is 2.14. The molecule has 21 heavy (non-hydrogen) atoms. The van der Waals surface area contributed by atoms with Crippen molar-refractivity contribution in [2.24, 2.45) is 0 Å². The number of nitrogens with one attached hydrogen (secondary N) is 1. The van der Waals surface area contributed by atoms with Crippen LogP contribution in [0.4, 0.5) is 28.4 Å². The summed E-state index contributed by atoms with van der Waals surface area (Å²) in [7, 11) is 0. The molecular weight excluding hydrogens is 287 g/mol. The number of halogens is 3. The summed E-state index contributed by atoms with van der Waals surface area (Å²) in [5.74, 6) is 0. The molecule has 1 aliphatic rings. The molecule has 1 aromatic rings. The maximum atomic E-state index is 13.0. The molecule has 0 saturated carbocycles. The Morgan fingerprint density at radius 2 is 1.95 bits per heavy atom. The van der Waals surface area contributed by atoms with Gasteiger partial charge in [0.15, 0.2) is 0 Å². The van der Waals surface area contributed by atoms with Crippen LogP contribution in [0.15, 0.2) is 24.3 Å². The number of nitrogens with zero attached hydrogens (tertiary/aromatic N) is 2. The van der Waals surface area contributed by atoms with Gasteiger partial charge in [-0.1, -0.05) is 12.1 Å². The molecule has 2 rings (SSSR count). The molecule has 1 aliphatic heterocycles. The van der Waals surface area contributed by atoms with E-state index in [4.69, 9.17) is 0 Å². The number of imide groups is 1. The van der Waals surface area contributed by atoms with Gasteiger partial charge in [-0.15, -0.1) is 0 Å². The van der Waals surface area contributed by atoms with Gasteiger partial charge >= 0.3 is 18.2 Å². The Kier molecular flexibility index (Phi) is 4.06. The molecule has 0 atom stereocenters. The molecule has 0 aliphatic carbocycles. The minimum absolute atomic E-state index is 0.0308. The van der Waals surface area contributed by atoms with Crippen molar-refractivity contribution in [3.05, 3.63) is 29.8 Å². The maximum absolute atomic E-state index is 13.0. The van der Waals surface area contributed by atoms with Crippen molar-refractivity contribution >= 4 is 17.7 Å². The van der Waals surface area contributed by atoms with Crippen LogP contribution in [-0.4, -0.2) is 36.6 Å². The van der Waals surface area contributed by atoms with Crippen LogP contribution in [0.25, 0.3) is 0 Å². The monoisotopic (exact) mass is 301 g/mol. The van der Waals surface area contributed by atoms with Crippen molar-refractivity contribution in [3.8, 4) is 0 Å². The Labute approximate surface area is 119 Å². The fraction of sp³-hybridized carbons (Fsp3) is 0.385. The summed E-state index contributed by atoms with van der Waals surface area (Å²) < 4.78 is 38.9. The van der Waals surface area contributed by atoms with Crippen LogP contribution in [0.5, 0.6) is 0 Å². The van der Waals surface area contributed by atoms with Crippen LogP contribution in [0.2, 0.25) is 0 Å². The quantitative estimate of drug-likeness (QED) is 0.913. The predicted molar refractivity (Wildman–Crippen MR) is 70.0 cm³/mol. The van der Waals surface area contributed by atoms with E-state index in [1.54, 1.807) is 6.92 Å². The van der Waals surface area contributed by atoms with E-state index in [9.17, 15) is 22.8 Å². The number of amides is 4. The SMILES string of the molecule is CCNC(=O)N1CCN(c2ccccc2C(F)(F)F)C1=O. The highest BCUT2D eigenvalue weighted by atomic mass is 19.4. The molecule has 0 bridgehead atoms. The number of rotatable bonds is 2. The normalized spacial score (nSPS) is 15.5. The molecule has 0 aromatic heterocycles. The number of urea groups is 2. The second-order valence-electron chi connectivity index (χ2n) is 4.44. The molecular formula is C13H14F3N3O2. The van der Waals surface area contributed by atoms with Crippen LogP contribution >= 0.6 is 0 Å². The Morgan fingerprint density at radius 1 is 1.29 bits per heavy atom. The molecule has 1 fully saturated rings. The highest BCUT2D eigenvalue weighted by molar-refractivity contribution is 6.04. The largest absolute Gasteiger partial charge is 0.418 e. The lowest BCUT2D eigenvalue weighted by molar-refractivity contribution is -0.137. The summed E-state index contributed by atoms with van der Waals surface area (Å²) in [4.78, 5) is 25.7. The zero-order valence-electron chi connectivity index (χ0n) is 11.3. The third-order valence-electron chi connectivity index (χ3n) is 3.08. The van der Waals surface area contributed by atoms with Gasteiger partial charge in [-0.3, -0.25) is 4.90 Å². The van der Waals surface area contributed by atoms with Crippen LogP contribution < -0.4 is 10.2 Å². The second-order valence-corrected chi connectivity index (χ2v) is 4.44. The number of hydrogen-bond donors (Lipinski definition) is 1. The third-order valence-corrected chi connectivity index (χ3v) is 3.08. The van der Waals surface area contributed by atoms with Gasteiger partial charge in [0.1, 0.15) is 0 Å². The lowest BCUT2D eigenvalue weighted by Crippen LogP contribution is -2.42. The van der Waals surface area contributed by atoms with Crippen LogP contribution in [0.3, 0.4) is 0 Å². The van der Waals surface area contributed by atoms with Gasteiger partial charge in [0, 0.05) is 13.1 Å². The number of alkyl halides is 3. The van der Waals surface area contributed by atoms with Crippen molar-refractivity contribution in [1.82, 2.24) is 10.2 Å². The Balaban J connectivity index is 2.29. The van der Waals surface area contributed by atoms with E-state index in [2.05, 4.69) is 5.32 Å². The maximum Gasteiger partial charge on any atom is 0.418 e. The second kappa shape index (κ2) is 5.63. The number of hydrogen-bond acceptors (Lipinski definition) is 2. The first-order valence-electron chi connectivity index (χ1n) is 6.39. The van der Waals surface area contributed by atoms with Gasteiger partial charge in [0.05, 0.1) is 17.8 Å². The smallest absolute Gasteiger partial charge is 0.338 e. The Bertz CT molecular complexity index is 560. The summed E-state index contributed by atoms with van der Waals surface area (Å²) >= 11 is 0. The molecule has 0 radical (unpaired) electrons. The highest BCUT2D eigenvalue weighted by Gasteiger charge is 2.40. The van der Waals surface area contributed by atoms with Gasteiger partial charge in [-0.25, -0.2) is 14.5 Å². The Morgan fingerprint density at radius 3 is 2.57 bits per heavy atom. The Hall–Kier alpha value is -2.25. The average Bonchev–Trinajstić information content (AvgIpc) is 2.80. The number of anilines is 1. The summed E-state index contributed by atoms with van der Waals surface area (Å²) in [6.45, 7) is 2.11. The predicted octanol–water partition coefficient (Wildman–Crippen LogP) is 2.68. The van der Waals surface area contributed by atoms with Crippen LogP contribution in [-0.2, 0) is 6.18 Å². The first-order valence-corrected chi connectivity index (χ1v) is 6.39.